The summed E-state index contributed by atoms with van der Waals surface area (Å²) >= 11 is 0. The van der Waals surface area contributed by atoms with E-state index in [1.807, 2.05) is 0 Å². The van der Waals surface area contributed by atoms with Gasteiger partial charge in [0.1, 0.15) is 17.1 Å². The molecule has 2 heterocycles. The molecule has 0 atom stereocenters. The summed E-state index contributed by atoms with van der Waals surface area (Å²) in [5.41, 5.74) is 1.34. The third kappa shape index (κ3) is 2.08. The lowest BCUT2D eigenvalue weighted by Gasteiger charge is -2.01. The quantitative estimate of drug-likeness (QED) is 0.420. The largest absolute Gasteiger partial charge is 0.497 e. The second kappa shape index (κ2) is 5.28. The van der Waals surface area contributed by atoms with Gasteiger partial charge in [-0.25, -0.2) is 4.98 Å². The molecular weight excluding hydrogens is 286 g/mol. The Kier molecular flexibility index (Phi) is 3.30. The van der Waals surface area contributed by atoms with Crippen LogP contribution in [0, 0.1) is 10.1 Å². The van der Waals surface area contributed by atoms with Crippen LogP contribution in [0.15, 0.2) is 42.6 Å². The number of pyridine rings is 1. The van der Waals surface area contributed by atoms with E-state index in [9.17, 15) is 14.9 Å². The van der Waals surface area contributed by atoms with E-state index in [1.165, 1.54) is 16.5 Å². The Morgan fingerprint density at radius 3 is 2.59 bits per heavy atom. The van der Waals surface area contributed by atoms with Gasteiger partial charge in [0.15, 0.2) is 6.29 Å². The number of hydrogen-bond acceptors (Lipinski definition) is 5. The second-order valence-electron chi connectivity index (χ2n) is 4.54. The molecule has 0 unspecified atom stereocenters. The van der Waals surface area contributed by atoms with Crippen LogP contribution in [0.5, 0.6) is 5.75 Å². The molecule has 0 N–H and O–H groups in total. The molecule has 0 aliphatic carbocycles. The summed E-state index contributed by atoms with van der Waals surface area (Å²) in [6.45, 7) is 0. The first-order valence-electron chi connectivity index (χ1n) is 6.40. The minimum Gasteiger partial charge on any atom is -0.497 e. The summed E-state index contributed by atoms with van der Waals surface area (Å²) in [6.07, 6.45) is 2.22. The van der Waals surface area contributed by atoms with E-state index in [-0.39, 0.29) is 17.0 Å². The standard InChI is InChI=1S/C15H11N3O4/c1-22-11-6-4-10(5-7-11)14-13(9-19)17-8-2-3-12(18(20)21)15(17)16-14/h2-9H,1H3. The second-order valence-corrected chi connectivity index (χ2v) is 4.54. The molecule has 3 rings (SSSR count). The lowest BCUT2D eigenvalue weighted by molar-refractivity contribution is -0.383. The van der Waals surface area contributed by atoms with Crippen molar-refractivity contribution in [3.63, 3.8) is 0 Å². The van der Waals surface area contributed by atoms with E-state index in [0.717, 1.165) is 0 Å². The maximum Gasteiger partial charge on any atom is 0.312 e. The van der Waals surface area contributed by atoms with Crippen LogP contribution in [-0.4, -0.2) is 27.7 Å². The van der Waals surface area contributed by atoms with Gasteiger partial charge in [-0.3, -0.25) is 19.3 Å². The number of aromatic nitrogens is 2. The fourth-order valence-electron chi connectivity index (χ4n) is 2.29. The van der Waals surface area contributed by atoms with Gasteiger partial charge in [0.05, 0.1) is 12.0 Å². The summed E-state index contributed by atoms with van der Waals surface area (Å²) < 4.78 is 6.51. The number of carbonyl (C=O) groups is 1. The van der Waals surface area contributed by atoms with Crippen molar-refractivity contribution in [2.24, 2.45) is 0 Å². The number of methoxy groups -OCH3 is 1. The molecule has 2 aromatic heterocycles. The molecule has 0 saturated carbocycles. The van der Waals surface area contributed by atoms with Crippen LogP contribution in [0.3, 0.4) is 0 Å². The number of rotatable bonds is 4. The molecule has 3 aromatic rings. The first-order chi connectivity index (χ1) is 10.7. The maximum atomic E-state index is 11.4. The van der Waals surface area contributed by atoms with Crippen molar-refractivity contribution >= 4 is 17.6 Å². The summed E-state index contributed by atoms with van der Waals surface area (Å²) in [5, 5.41) is 11.1. The number of nitrogens with zero attached hydrogens (tertiary/aromatic N) is 3. The molecule has 7 heteroatoms. The smallest absolute Gasteiger partial charge is 0.312 e. The highest BCUT2D eigenvalue weighted by atomic mass is 16.6. The van der Waals surface area contributed by atoms with Crippen LogP contribution >= 0.6 is 0 Å². The van der Waals surface area contributed by atoms with Gasteiger partial charge in [-0.2, -0.15) is 0 Å². The zero-order chi connectivity index (χ0) is 15.7. The van der Waals surface area contributed by atoms with E-state index in [4.69, 9.17) is 4.74 Å². The van der Waals surface area contributed by atoms with Gasteiger partial charge >= 0.3 is 5.69 Å². The van der Waals surface area contributed by atoms with Crippen molar-refractivity contribution < 1.29 is 14.5 Å². The minimum absolute atomic E-state index is 0.139. The highest BCUT2D eigenvalue weighted by Gasteiger charge is 2.20. The highest BCUT2D eigenvalue weighted by Crippen LogP contribution is 2.28. The molecule has 0 spiro atoms. The van der Waals surface area contributed by atoms with E-state index >= 15 is 0 Å². The van der Waals surface area contributed by atoms with Gasteiger partial charge in [-0.05, 0) is 30.3 Å². The molecule has 7 nitrogen and oxygen atoms in total. The van der Waals surface area contributed by atoms with E-state index in [2.05, 4.69) is 4.98 Å². The molecule has 0 saturated heterocycles. The molecule has 0 amide bonds. The number of imidazole rings is 1. The Hall–Kier alpha value is -3.22. The third-order valence-electron chi connectivity index (χ3n) is 3.34. The van der Waals surface area contributed by atoms with Crippen molar-refractivity contribution in [1.29, 1.82) is 0 Å². The number of fused-ring (bicyclic) bond motifs is 1. The SMILES string of the molecule is COc1ccc(-c2nc3c([N+](=O)[O-])cccn3c2C=O)cc1. The molecule has 0 bridgehead atoms. The number of aldehydes is 1. The first kappa shape index (κ1) is 13.7. The lowest BCUT2D eigenvalue weighted by atomic mass is 10.1. The van der Waals surface area contributed by atoms with Crippen LogP contribution in [-0.2, 0) is 0 Å². The zero-order valence-corrected chi connectivity index (χ0v) is 11.6. The molecule has 1 aromatic carbocycles. The Morgan fingerprint density at radius 1 is 1.27 bits per heavy atom. The molecule has 0 aliphatic heterocycles. The topological polar surface area (TPSA) is 86.7 Å². The molecule has 0 fully saturated rings. The van der Waals surface area contributed by atoms with Gasteiger partial charge in [-0.1, -0.05) is 0 Å². The zero-order valence-electron chi connectivity index (χ0n) is 11.6. The van der Waals surface area contributed by atoms with Gasteiger partial charge < -0.3 is 4.74 Å². The maximum absolute atomic E-state index is 11.4. The Bertz CT molecular complexity index is 868. The average Bonchev–Trinajstić information content (AvgIpc) is 2.93. The number of ether oxygens (including phenoxy) is 1. The van der Waals surface area contributed by atoms with Gasteiger partial charge in [0, 0.05) is 17.8 Å². The van der Waals surface area contributed by atoms with Crippen molar-refractivity contribution in [1.82, 2.24) is 9.38 Å². The van der Waals surface area contributed by atoms with Crippen molar-refractivity contribution in [2.75, 3.05) is 7.11 Å². The Labute approximate surface area is 124 Å². The summed E-state index contributed by atoms with van der Waals surface area (Å²) in [6, 6.07) is 9.84. The van der Waals surface area contributed by atoms with Crippen LogP contribution in [0.1, 0.15) is 10.5 Å². The van der Waals surface area contributed by atoms with Gasteiger partial charge in [0.25, 0.3) is 0 Å². The first-order valence-corrected chi connectivity index (χ1v) is 6.40. The fraction of sp³-hybridized carbons (Fsp3) is 0.0667. The normalized spacial score (nSPS) is 10.6. The minimum atomic E-state index is -0.519. The number of carbonyl (C=O) groups excluding carboxylic acids is 1. The summed E-state index contributed by atoms with van der Waals surface area (Å²) in [4.78, 5) is 26.3. The molecule has 22 heavy (non-hydrogen) atoms. The Morgan fingerprint density at radius 2 is 2.00 bits per heavy atom. The highest BCUT2D eigenvalue weighted by molar-refractivity contribution is 5.87. The predicted octanol–water partition coefficient (Wildman–Crippen LogP) is 2.73. The van der Waals surface area contributed by atoms with Gasteiger partial charge in [0.2, 0.25) is 5.65 Å². The lowest BCUT2D eigenvalue weighted by Crippen LogP contribution is -1.95. The van der Waals surface area contributed by atoms with Crippen molar-refractivity contribution in [2.45, 2.75) is 0 Å². The van der Waals surface area contributed by atoms with Crippen LogP contribution < -0.4 is 4.74 Å². The number of benzene rings is 1. The molecule has 0 radical (unpaired) electrons. The molecular formula is C15H11N3O4. The van der Waals surface area contributed by atoms with Gasteiger partial charge in [-0.15, -0.1) is 0 Å². The molecule has 110 valence electrons. The summed E-state index contributed by atoms with van der Waals surface area (Å²) in [7, 11) is 1.56. The number of hydrogen-bond donors (Lipinski definition) is 0. The van der Waals surface area contributed by atoms with Crippen molar-refractivity contribution in [3.8, 4) is 17.0 Å². The Balaban J connectivity index is 2.26. The van der Waals surface area contributed by atoms with Crippen LogP contribution in [0.4, 0.5) is 5.69 Å². The monoisotopic (exact) mass is 297 g/mol. The number of nitro groups is 1. The van der Waals surface area contributed by atoms with Crippen LogP contribution in [0.2, 0.25) is 0 Å². The average molecular weight is 297 g/mol. The predicted molar refractivity (Wildman–Crippen MR) is 79.2 cm³/mol. The van der Waals surface area contributed by atoms with E-state index in [0.29, 0.717) is 23.3 Å². The fourth-order valence-corrected chi connectivity index (χ4v) is 2.29. The van der Waals surface area contributed by atoms with Crippen LogP contribution in [0.25, 0.3) is 16.9 Å². The van der Waals surface area contributed by atoms with E-state index in [1.54, 1.807) is 37.6 Å². The van der Waals surface area contributed by atoms with Crippen molar-refractivity contribution in [3.05, 3.63) is 58.4 Å². The summed E-state index contributed by atoms with van der Waals surface area (Å²) in [5.74, 6) is 0.672. The third-order valence-corrected chi connectivity index (χ3v) is 3.34. The van der Waals surface area contributed by atoms with E-state index < -0.39 is 4.92 Å². The molecule has 0 aliphatic rings.